The third-order valence-corrected chi connectivity index (χ3v) is 4.55. The molecule has 7 nitrogen and oxygen atoms in total. The molecule has 11 heteroatoms. The summed E-state index contributed by atoms with van der Waals surface area (Å²) in [6, 6.07) is 10.9. The second-order valence-electron chi connectivity index (χ2n) is 6.42. The lowest BCUT2D eigenvalue weighted by Gasteiger charge is -2.10. The van der Waals surface area contributed by atoms with E-state index in [1.54, 1.807) is 24.3 Å². The molecule has 0 unspecified atom stereocenters. The number of anilines is 2. The molecule has 31 heavy (non-hydrogen) atoms. The molecule has 0 fully saturated rings. The largest absolute Gasteiger partial charge is 0.457 e. The number of aromatic nitrogens is 3. The van der Waals surface area contributed by atoms with Crippen LogP contribution in [0.25, 0.3) is 11.0 Å². The number of nitrogens with one attached hydrogen (secondary N) is 2. The van der Waals surface area contributed by atoms with E-state index >= 15 is 0 Å². The van der Waals surface area contributed by atoms with Gasteiger partial charge in [0.1, 0.15) is 17.2 Å². The molecule has 1 amide bonds. The Morgan fingerprint density at radius 2 is 1.87 bits per heavy atom. The van der Waals surface area contributed by atoms with Crippen molar-refractivity contribution in [2.24, 2.45) is 5.73 Å². The van der Waals surface area contributed by atoms with Gasteiger partial charge in [0, 0.05) is 18.3 Å². The van der Waals surface area contributed by atoms with Gasteiger partial charge < -0.3 is 20.8 Å². The van der Waals surface area contributed by atoms with Crippen LogP contribution in [0, 0.1) is 0 Å². The van der Waals surface area contributed by atoms with Crippen LogP contribution < -0.4 is 15.8 Å². The standard InChI is InChI=1S/C20H13ClF3N5O2/c21-13-3-1-10(20(22,23)24)7-15(13)28-19-27-14-4-2-11(8-16(14)29-19)31-12-5-6-26-17(9-12)18(25)30/h1-9H,(H2,25,30)(H2,27,28,29). The molecule has 0 spiro atoms. The number of halogens is 4. The molecular formula is C20H13ClF3N5O2. The van der Waals surface area contributed by atoms with Gasteiger partial charge in [-0.3, -0.25) is 9.78 Å². The number of nitrogens with zero attached hydrogens (tertiary/aromatic N) is 2. The first kappa shape index (κ1) is 20.5. The van der Waals surface area contributed by atoms with Crippen molar-refractivity contribution in [2.75, 3.05) is 5.32 Å². The zero-order chi connectivity index (χ0) is 22.2. The number of alkyl halides is 3. The minimum Gasteiger partial charge on any atom is -0.457 e. The van der Waals surface area contributed by atoms with Gasteiger partial charge in [0.2, 0.25) is 5.95 Å². The van der Waals surface area contributed by atoms with Gasteiger partial charge in [-0.25, -0.2) is 4.98 Å². The number of fused-ring (bicyclic) bond motifs is 1. The van der Waals surface area contributed by atoms with Crippen LogP contribution in [0.2, 0.25) is 5.02 Å². The Bertz CT molecular complexity index is 1290. The van der Waals surface area contributed by atoms with E-state index in [9.17, 15) is 18.0 Å². The van der Waals surface area contributed by atoms with Gasteiger partial charge in [-0.2, -0.15) is 13.2 Å². The molecule has 2 aromatic carbocycles. The number of hydrogen-bond donors (Lipinski definition) is 3. The number of amides is 1. The molecule has 4 aromatic rings. The van der Waals surface area contributed by atoms with Gasteiger partial charge in [0.25, 0.3) is 5.91 Å². The average Bonchev–Trinajstić information content (AvgIpc) is 3.10. The van der Waals surface area contributed by atoms with Crippen molar-refractivity contribution in [2.45, 2.75) is 6.18 Å². The summed E-state index contributed by atoms with van der Waals surface area (Å²) < 4.78 is 44.6. The molecule has 0 atom stereocenters. The van der Waals surface area contributed by atoms with Crippen LogP contribution in [0.1, 0.15) is 16.1 Å². The number of imidazole rings is 1. The van der Waals surface area contributed by atoms with Crippen LogP contribution in [0.5, 0.6) is 11.5 Å². The lowest BCUT2D eigenvalue weighted by atomic mass is 10.2. The van der Waals surface area contributed by atoms with Gasteiger partial charge in [-0.05, 0) is 36.4 Å². The highest BCUT2D eigenvalue weighted by molar-refractivity contribution is 6.33. The monoisotopic (exact) mass is 447 g/mol. The maximum Gasteiger partial charge on any atom is 0.416 e. The minimum absolute atomic E-state index is 0.0581. The number of aromatic amines is 1. The molecule has 158 valence electrons. The zero-order valence-corrected chi connectivity index (χ0v) is 16.3. The molecule has 0 bridgehead atoms. The zero-order valence-electron chi connectivity index (χ0n) is 15.5. The van der Waals surface area contributed by atoms with Gasteiger partial charge in [0.05, 0.1) is 27.3 Å². The van der Waals surface area contributed by atoms with E-state index in [4.69, 9.17) is 22.1 Å². The van der Waals surface area contributed by atoms with Crippen molar-refractivity contribution in [3.8, 4) is 11.5 Å². The van der Waals surface area contributed by atoms with Gasteiger partial charge in [-0.1, -0.05) is 11.6 Å². The Balaban J connectivity index is 1.59. The summed E-state index contributed by atoms with van der Waals surface area (Å²) in [5, 5.41) is 2.88. The van der Waals surface area contributed by atoms with E-state index in [0.29, 0.717) is 22.5 Å². The SMILES string of the molecule is NC(=O)c1cc(Oc2ccc3nc(Nc4cc(C(F)(F)F)ccc4Cl)[nH]c3c2)ccn1. The highest BCUT2D eigenvalue weighted by atomic mass is 35.5. The Hall–Kier alpha value is -3.79. The van der Waals surface area contributed by atoms with E-state index < -0.39 is 17.6 Å². The van der Waals surface area contributed by atoms with Crippen LogP contribution in [-0.4, -0.2) is 20.9 Å². The van der Waals surface area contributed by atoms with Crippen LogP contribution in [-0.2, 0) is 6.18 Å². The van der Waals surface area contributed by atoms with E-state index in [1.807, 2.05) is 0 Å². The van der Waals surface area contributed by atoms with Crippen LogP contribution in [0.3, 0.4) is 0 Å². The lowest BCUT2D eigenvalue weighted by molar-refractivity contribution is -0.137. The number of primary amides is 1. The second-order valence-corrected chi connectivity index (χ2v) is 6.83. The highest BCUT2D eigenvalue weighted by Gasteiger charge is 2.31. The second kappa shape index (κ2) is 7.80. The minimum atomic E-state index is -4.50. The summed E-state index contributed by atoms with van der Waals surface area (Å²) in [4.78, 5) is 22.3. The summed E-state index contributed by atoms with van der Waals surface area (Å²) in [6.07, 6.45) is -3.10. The summed E-state index contributed by atoms with van der Waals surface area (Å²) in [5.74, 6) is 0.310. The maximum absolute atomic E-state index is 13.0. The fraction of sp³-hybridized carbons (Fsp3) is 0.0500. The van der Waals surface area contributed by atoms with Crippen molar-refractivity contribution in [3.63, 3.8) is 0 Å². The number of hydrogen-bond acceptors (Lipinski definition) is 5. The Labute approximate surface area is 178 Å². The quantitative estimate of drug-likeness (QED) is 0.386. The summed E-state index contributed by atoms with van der Waals surface area (Å²) >= 11 is 6.02. The molecule has 2 heterocycles. The maximum atomic E-state index is 13.0. The molecule has 0 saturated heterocycles. The van der Waals surface area contributed by atoms with Crippen LogP contribution >= 0.6 is 11.6 Å². The summed E-state index contributed by atoms with van der Waals surface area (Å²) in [7, 11) is 0. The summed E-state index contributed by atoms with van der Waals surface area (Å²) in [5.41, 5.74) is 5.60. The van der Waals surface area contributed by atoms with E-state index in [2.05, 4.69) is 20.3 Å². The topological polar surface area (TPSA) is 106 Å². The van der Waals surface area contributed by atoms with E-state index in [1.165, 1.54) is 12.3 Å². The molecule has 0 radical (unpaired) electrons. The first-order valence-electron chi connectivity index (χ1n) is 8.76. The fourth-order valence-electron chi connectivity index (χ4n) is 2.78. The predicted molar refractivity (Wildman–Crippen MR) is 109 cm³/mol. The number of rotatable bonds is 5. The Morgan fingerprint density at radius 3 is 2.61 bits per heavy atom. The van der Waals surface area contributed by atoms with Crippen LogP contribution in [0.4, 0.5) is 24.8 Å². The number of ether oxygens (including phenoxy) is 1. The average molecular weight is 448 g/mol. The van der Waals surface area contributed by atoms with Gasteiger partial charge >= 0.3 is 6.18 Å². The molecule has 4 rings (SSSR count). The van der Waals surface area contributed by atoms with Gasteiger partial charge in [0.15, 0.2) is 0 Å². The molecule has 0 aliphatic carbocycles. The van der Waals surface area contributed by atoms with Crippen molar-refractivity contribution in [1.29, 1.82) is 0 Å². The first-order valence-corrected chi connectivity index (χ1v) is 9.14. The smallest absolute Gasteiger partial charge is 0.416 e. The molecular weight excluding hydrogens is 435 g/mol. The molecule has 0 aliphatic rings. The lowest BCUT2D eigenvalue weighted by Crippen LogP contribution is -2.12. The van der Waals surface area contributed by atoms with Crippen molar-refractivity contribution >= 4 is 40.2 Å². The number of carbonyl (C=O) groups excluding carboxylic acids is 1. The number of benzene rings is 2. The molecule has 0 saturated carbocycles. The summed E-state index contributed by atoms with van der Waals surface area (Å²) in [6.45, 7) is 0. The highest BCUT2D eigenvalue weighted by Crippen LogP contribution is 2.35. The number of nitrogens with two attached hydrogens (primary N) is 1. The molecule has 0 aliphatic heterocycles. The predicted octanol–water partition coefficient (Wildman–Crippen LogP) is 5.26. The normalized spacial score (nSPS) is 11.5. The van der Waals surface area contributed by atoms with E-state index in [0.717, 1.165) is 18.2 Å². The third-order valence-electron chi connectivity index (χ3n) is 4.22. The molecule has 4 N–H and O–H groups in total. The van der Waals surface area contributed by atoms with Gasteiger partial charge in [-0.15, -0.1) is 0 Å². The number of H-pyrrole nitrogens is 1. The first-order chi connectivity index (χ1) is 14.7. The number of pyridine rings is 1. The Morgan fingerprint density at radius 1 is 1.10 bits per heavy atom. The van der Waals surface area contributed by atoms with E-state index in [-0.39, 0.29) is 22.4 Å². The van der Waals surface area contributed by atoms with Crippen molar-refractivity contribution < 1.29 is 22.7 Å². The van der Waals surface area contributed by atoms with Crippen molar-refractivity contribution in [3.05, 3.63) is 71.0 Å². The fourth-order valence-corrected chi connectivity index (χ4v) is 2.95. The number of carbonyl (C=O) groups is 1. The van der Waals surface area contributed by atoms with Crippen molar-refractivity contribution in [1.82, 2.24) is 15.0 Å². The molecule has 2 aromatic heterocycles. The third kappa shape index (κ3) is 4.53. The Kier molecular flexibility index (Phi) is 5.15. The van der Waals surface area contributed by atoms with Crippen LogP contribution in [0.15, 0.2) is 54.7 Å².